The fourth-order valence-electron chi connectivity index (χ4n) is 4.45. The predicted octanol–water partition coefficient (Wildman–Crippen LogP) is 5.93. The Balaban J connectivity index is 1.46. The van der Waals surface area contributed by atoms with Crippen molar-refractivity contribution >= 4 is 0 Å². The first-order valence-electron chi connectivity index (χ1n) is 9.02. The van der Waals surface area contributed by atoms with Crippen molar-refractivity contribution in [3.63, 3.8) is 0 Å². The average molecular weight is 288 g/mol. The first-order chi connectivity index (χ1) is 10.2. The molecule has 1 heteroatoms. The van der Waals surface area contributed by atoms with Crippen molar-refractivity contribution in [3.05, 3.63) is 35.1 Å². The van der Waals surface area contributed by atoms with E-state index in [9.17, 15) is 4.39 Å². The molecule has 0 N–H and O–H groups in total. The van der Waals surface area contributed by atoms with Gasteiger partial charge in [0.15, 0.2) is 0 Å². The Kier molecular flexibility index (Phi) is 4.98. The number of fused-ring (bicyclic) bond motifs is 1. The van der Waals surface area contributed by atoms with Crippen LogP contribution in [0.2, 0.25) is 0 Å². The van der Waals surface area contributed by atoms with Gasteiger partial charge in [-0.1, -0.05) is 51.5 Å². The smallest absolute Gasteiger partial charge is 0.123 e. The summed E-state index contributed by atoms with van der Waals surface area (Å²) in [6.45, 7) is 2.34. The summed E-state index contributed by atoms with van der Waals surface area (Å²) in [4.78, 5) is 0. The first-order valence-corrected chi connectivity index (χ1v) is 9.02. The summed E-state index contributed by atoms with van der Waals surface area (Å²) in [5, 5.41) is 0. The van der Waals surface area contributed by atoms with Crippen LogP contribution in [-0.4, -0.2) is 0 Å². The minimum absolute atomic E-state index is 0.0696. The lowest BCUT2D eigenvalue weighted by Gasteiger charge is -2.30. The van der Waals surface area contributed by atoms with Gasteiger partial charge < -0.3 is 0 Å². The zero-order valence-corrected chi connectivity index (χ0v) is 13.4. The van der Waals surface area contributed by atoms with Crippen molar-refractivity contribution in [3.8, 4) is 0 Å². The fraction of sp³-hybridized carbons (Fsp3) is 0.700. The van der Waals surface area contributed by atoms with Crippen LogP contribution in [0.1, 0.15) is 69.4 Å². The summed E-state index contributed by atoms with van der Waals surface area (Å²) < 4.78 is 13.2. The van der Waals surface area contributed by atoms with E-state index in [4.69, 9.17) is 0 Å². The molecule has 0 spiro atoms. The minimum atomic E-state index is -0.0696. The average Bonchev–Trinajstić information content (AvgIpc) is 2.53. The van der Waals surface area contributed by atoms with Crippen LogP contribution >= 0.6 is 0 Å². The molecule has 0 amide bonds. The third kappa shape index (κ3) is 3.87. The van der Waals surface area contributed by atoms with Crippen molar-refractivity contribution in [2.45, 2.75) is 71.1 Å². The molecular formula is C20H29F. The van der Waals surface area contributed by atoms with Crippen molar-refractivity contribution < 1.29 is 4.39 Å². The summed E-state index contributed by atoms with van der Waals surface area (Å²) in [6, 6.07) is 5.40. The molecule has 1 fully saturated rings. The minimum Gasteiger partial charge on any atom is -0.207 e. The van der Waals surface area contributed by atoms with Gasteiger partial charge in [0.05, 0.1) is 0 Å². The van der Waals surface area contributed by atoms with Gasteiger partial charge in [0.2, 0.25) is 0 Å². The van der Waals surface area contributed by atoms with Crippen molar-refractivity contribution in [1.29, 1.82) is 0 Å². The molecule has 3 rings (SSSR count). The van der Waals surface area contributed by atoms with Crippen LogP contribution < -0.4 is 0 Å². The van der Waals surface area contributed by atoms with Crippen molar-refractivity contribution in [2.75, 3.05) is 0 Å². The molecule has 21 heavy (non-hydrogen) atoms. The summed E-state index contributed by atoms with van der Waals surface area (Å²) in [7, 11) is 0. The lowest BCUT2D eigenvalue weighted by molar-refractivity contribution is 0.241. The van der Waals surface area contributed by atoms with E-state index in [-0.39, 0.29) is 5.82 Å². The number of benzene rings is 1. The normalized spacial score (nSPS) is 29.1. The van der Waals surface area contributed by atoms with Gasteiger partial charge in [-0.3, -0.25) is 0 Å². The summed E-state index contributed by atoms with van der Waals surface area (Å²) >= 11 is 0. The Morgan fingerprint density at radius 2 is 1.62 bits per heavy atom. The molecule has 0 aromatic heterocycles. The van der Waals surface area contributed by atoms with Gasteiger partial charge >= 0.3 is 0 Å². The van der Waals surface area contributed by atoms with Crippen LogP contribution in [0, 0.1) is 23.6 Å². The Labute approximate surface area is 129 Å². The third-order valence-electron chi connectivity index (χ3n) is 6.03. The second kappa shape index (κ2) is 6.94. The highest BCUT2D eigenvalue weighted by atomic mass is 19.1. The Hall–Kier alpha value is -0.850. The Bertz CT molecular complexity index is 457. The molecule has 0 saturated heterocycles. The molecule has 1 aromatic carbocycles. The topological polar surface area (TPSA) is 0 Å². The van der Waals surface area contributed by atoms with Gasteiger partial charge in [0.1, 0.15) is 5.82 Å². The van der Waals surface area contributed by atoms with Crippen molar-refractivity contribution in [1.82, 2.24) is 0 Å². The maximum atomic E-state index is 13.2. The molecule has 1 unspecified atom stereocenters. The van der Waals surface area contributed by atoms with Gasteiger partial charge in [0.25, 0.3) is 0 Å². The van der Waals surface area contributed by atoms with Crippen LogP contribution in [0.4, 0.5) is 4.39 Å². The van der Waals surface area contributed by atoms with Gasteiger partial charge in [-0.2, -0.15) is 0 Å². The highest BCUT2D eigenvalue weighted by Gasteiger charge is 2.23. The SMILES string of the molecule is CCC1CCC(CCC2CCc3cc(F)ccc3C2)CC1. The highest BCUT2D eigenvalue weighted by molar-refractivity contribution is 5.30. The summed E-state index contributed by atoms with van der Waals surface area (Å²) in [5.74, 6) is 2.77. The number of hydrogen-bond acceptors (Lipinski definition) is 0. The van der Waals surface area contributed by atoms with E-state index in [1.165, 1.54) is 68.9 Å². The molecule has 0 aliphatic heterocycles. The van der Waals surface area contributed by atoms with E-state index >= 15 is 0 Å². The van der Waals surface area contributed by atoms with Gasteiger partial charge in [0, 0.05) is 0 Å². The number of aryl methyl sites for hydroxylation is 1. The summed E-state index contributed by atoms with van der Waals surface area (Å²) in [5.41, 5.74) is 2.66. The second-order valence-electron chi connectivity index (χ2n) is 7.39. The molecule has 1 saturated carbocycles. The third-order valence-corrected chi connectivity index (χ3v) is 6.03. The molecular weight excluding hydrogens is 259 g/mol. The van der Waals surface area contributed by atoms with Crippen LogP contribution in [0.25, 0.3) is 0 Å². The first kappa shape index (κ1) is 15.1. The van der Waals surface area contributed by atoms with Crippen LogP contribution in [0.3, 0.4) is 0 Å². The number of halogens is 1. The van der Waals surface area contributed by atoms with E-state index in [0.29, 0.717) is 0 Å². The lowest BCUT2D eigenvalue weighted by Crippen LogP contribution is -2.18. The van der Waals surface area contributed by atoms with Crippen LogP contribution in [-0.2, 0) is 12.8 Å². The van der Waals surface area contributed by atoms with Crippen LogP contribution in [0.15, 0.2) is 18.2 Å². The lowest BCUT2D eigenvalue weighted by atomic mass is 9.76. The number of hydrogen-bond donors (Lipinski definition) is 0. The molecule has 1 aromatic rings. The maximum absolute atomic E-state index is 13.2. The fourth-order valence-corrected chi connectivity index (χ4v) is 4.45. The molecule has 1 atom stereocenters. The number of rotatable bonds is 4. The zero-order chi connectivity index (χ0) is 14.7. The monoisotopic (exact) mass is 288 g/mol. The zero-order valence-electron chi connectivity index (χ0n) is 13.4. The highest BCUT2D eigenvalue weighted by Crippen LogP contribution is 2.36. The van der Waals surface area contributed by atoms with E-state index < -0.39 is 0 Å². The Morgan fingerprint density at radius 3 is 2.38 bits per heavy atom. The molecule has 2 aliphatic carbocycles. The molecule has 116 valence electrons. The maximum Gasteiger partial charge on any atom is 0.123 e. The van der Waals surface area contributed by atoms with Gasteiger partial charge in [-0.15, -0.1) is 0 Å². The van der Waals surface area contributed by atoms with E-state index in [1.807, 2.05) is 6.07 Å². The largest absolute Gasteiger partial charge is 0.207 e. The Morgan fingerprint density at radius 1 is 0.905 bits per heavy atom. The molecule has 0 heterocycles. The quantitative estimate of drug-likeness (QED) is 0.644. The van der Waals surface area contributed by atoms with E-state index in [2.05, 4.69) is 6.92 Å². The van der Waals surface area contributed by atoms with E-state index in [0.717, 1.165) is 24.2 Å². The molecule has 0 bridgehead atoms. The second-order valence-corrected chi connectivity index (χ2v) is 7.39. The summed E-state index contributed by atoms with van der Waals surface area (Å²) in [6.07, 6.45) is 13.6. The van der Waals surface area contributed by atoms with Gasteiger partial charge in [-0.05, 0) is 66.7 Å². The standard InChI is InChI=1S/C20H29F/c1-2-15-3-5-16(6-4-15)7-8-17-9-10-19-14-20(21)12-11-18(19)13-17/h11-12,14-17H,2-10,13H2,1H3. The predicted molar refractivity (Wildman–Crippen MR) is 86.9 cm³/mol. The van der Waals surface area contributed by atoms with Crippen LogP contribution in [0.5, 0.6) is 0 Å². The molecule has 0 nitrogen and oxygen atoms in total. The van der Waals surface area contributed by atoms with E-state index in [1.54, 1.807) is 12.1 Å². The van der Waals surface area contributed by atoms with Crippen molar-refractivity contribution in [2.24, 2.45) is 17.8 Å². The molecule has 0 radical (unpaired) electrons. The molecule has 2 aliphatic rings. The van der Waals surface area contributed by atoms with Gasteiger partial charge in [-0.25, -0.2) is 4.39 Å².